The van der Waals surface area contributed by atoms with E-state index in [0.717, 1.165) is 25.9 Å². The first-order valence-electron chi connectivity index (χ1n) is 6.44. The lowest BCUT2D eigenvalue weighted by atomic mass is 9.99. The van der Waals surface area contributed by atoms with Gasteiger partial charge in [-0.15, -0.1) is 0 Å². The van der Waals surface area contributed by atoms with Crippen molar-refractivity contribution in [2.75, 3.05) is 13.1 Å². The summed E-state index contributed by atoms with van der Waals surface area (Å²) in [6, 6.07) is 0. The molecule has 3 N–H and O–H groups in total. The Bertz CT molecular complexity index is 247. The van der Waals surface area contributed by atoms with Crippen LogP contribution in [0.3, 0.4) is 0 Å². The Morgan fingerprint density at radius 3 is 2.12 bits per heavy atom. The van der Waals surface area contributed by atoms with Crippen LogP contribution in [0.1, 0.15) is 54.4 Å². The molecule has 0 heterocycles. The quantitative estimate of drug-likeness (QED) is 0.265. The van der Waals surface area contributed by atoms with E-state index in [9.17, 15) is 0 Å². The molecule has 0 atom stereocenters. The van der Waals surface area contributed by atoms with Crippen LogP contribution in [-0.2, 0) is 0 Å². The van der Waals surface area contributed by atoms with Crippen LogP contribution in [0.4, 0.5) is 0 Å². The third-order valence-corrected chi connectivity index (χ3v) is 3.46. The van der Waals surface area contributed by atoms with Gasteiger partial charge in [0.25, 0.3) is 0 Å². The van der Waals surface area contributed by atoms with Gasteiger partial charge in [0.1, 0.15) is 0 Å². The smallest absolute Gasteiger partial charge is 0.0734 e. The van der Waals surface area contributed by atoms with E-state index < -0.39 is 0 Å². The molecule has 0 radical (unpaired) electrons. The van der Waals surface area contributed by atoms with Gasteiger partial charge in [0, 0.05) is 5.54 Å². The molecule has 102 valence electrons. The molecular weight excluding hydrogens is 214 g/mol. The molecule has 0 amide bonds. The maximum Gasteiger partial charge on any atom is 0.0734 e. The lowest BCUT2D eigenvalue weighted by Crippen LogP contribution is -2.47. The highest BCUT2D eigenvalue weighted by Gasteiger charge is 2.21. The van der Waals surface area contributed by atoms with Gasteiger partial charge in [-0.1, -0.05) is 12.1 Å². The van der Waals surface area contributed by atoms with E-state index in [4.69, 9.17) is 5.21 Å². The Kier molecular flexibility index (Phi) is 6.72. The molecule has 0 unspecified atom stereocenters. The maximum atomic E-state index is 8.75. The van der Waals surface area contributed by atoms with E-state index in [-0.39, 0.29) is 11.1 Å². The SMILES string of the molecule is CCC(C)(C)NCCCNC(C)(C)/C(C)=N/O. The molecule has 0 aliphatic rings. The summed E-state index contributed by atoms with van der Waals surface area (Å²) >= 11 is 0. The monoisotopic (exact) mass is 243 g/mol. The molecule has 0 aromatic rings. The van der Waals surface area contributed by atoms with E-state index in [2.05, 4.69) is 36.6 Å². The third-order valence-electron chi connectivity index (χ3n) is 3.46. The first-order valence-corrected chi connectivity index (χ1v) is 6.44. The summed E-state index contributed by atoms with van der Waals surface area (Å²) < 4.78 is 0. The molecule has 4 heteroatoms. The van der Waals surface area contributed by atoms with Crippen LogP contribution in [0.25, 0.3) is 0 Å². The van der Waals surface area contributed by atoms with Crippen LogP contribution in [0.2, 0.25) is 0 Å². The van der Waals surface area contributed by atoms with Crippen molar-refractivity contribution in [1.82, 2.24) is 10.6 Å². The molecule has 0 bridgehead atoms. The van der Waals surface area contributed by atoms with Crippen LogP contribution in [0.15, 0.2) is 5.16 Å². The molecule has 0 aromatic heterocycles. The summed E-state index contributed by atoms with van der Waals surface area (Å²) in [6.45, 7) is 14.4. The Hall–Kier alpha value is -0.610. The predicted molar refractivity (Wildman–Crippen MR) is 74.0 cm³/mol. The number of nitrogens with zero attached hydrogens (tertiary/aromatic N) is 1. The normalized spacial score (nSPS) is 14.1. The van der Waals surface area contributed by atoms with Gasteiger partial charge in [-0.25, -0.2) is 0 Å². The minimum Gasteiger partial charge on any atom is -0.411 e. The van der Waals surface area contributed by atoms with E-state index in [1.54, 1.807) is 0 Å². The number of rotatable bonds is 8. The van der Waals surface area contributed by atoms with Crippen molar-refractivity contribution in [3.63, 3.8) is 0 Å². The van der Waals surface area contributed by atoms with Crippen LogP contribution in [-0.4, -0.2) is 35.1 Å². The molecule has 0 rings (SSSR count). The van der Waals surface area contributed by atoms with Gasteiger partial charge in [0.05, 0.1) is 11.3 Å². The van der Waals surface area contributed by atoms with Crippen LogP contribution in [0.5, 0.6) is 0 Å². The molecule has 4 nitrogen and oxygen atoms in total. The van der Waals surface area contributed by atoms with Gasteiger partial charge in [0.15, 0.2) is 0 Å². The summed E-state index contributed by atoms with van der Waals surface area (Å²) in [7, 11) is 0. The first-order chi connectivity index (χ1) is 7.75. The molecule has 0 aliphatic carbocycles. The molecule has 0 aromatic carbocycles. The summed E-state index contributed by atoms with van der Waals surface area (Å²) in [4.78, 5) is 0. The minimum atomic E-state index is -0.241. The highest BCUT2D eigenvalue weighted by Crippen LogP contribution is 2.07. The Morgan fingerprint density at radius 1 is 1.12 bits per heavy atom. The van der Waals surface area contributed by atoms with Crippen molar-refractivity contribution in [1.29, 1.82) is 0 Å². The summed E-state index contributed by atoms with van der Waals surface area (Å²) in [6.07, 6.45) is 2.19. The van der Waals surface area contributed by atoms with Crippen molar-refractivity contribution < 1.29 is 5.21 Å². The van der Waals surface area contributed by atoms with E-state index >= 15 is 0 Å². The van der Waals surface area contributed by atoms with Crippen molar-refractivity contribution >= 4 is 5.71 Å². The highest BCUT2D eigenvalue weighted by molar-refractivity contribution is 5.90. The zero-order chi connectivity index (χ0) is 13.5. The zero-order valence-electron chi connectivity index (χ0n) is 12.2. The minimum absolute atomic E-state index is 0.220. The van der Waals surface area contributed by atoms with Crippen molar-refractivity contribution in [2.45, 2.75) is 65.5 Å². The number of oxime groups is 1. The fourth-order valence-corrected chi connectivity index (χ4v) is 1.29. The Morgan fingerprint density at radius 2 is 1.65 bits per heavy atom. The lowest BCUT2D eigenvalue weighted by molar-refractivity contribution is 0.310. The fraction of sp³-hybridized carbons (Fsp3) is 0.923. The molecule has 0 fully saturated rings. The third kappa shape index (κ3) is 6.64. The average molecular weight is 243 g/mol. The Labute approximate surface area is 106 Å². The van der Waals surface area contributed by atoms with Crippen LogP contribution < -0.4 is 10.6 Å². The lowest BCUT2D eigenvalue weighted by Gasteiger charge is -2.27. The highest BCUT2D eigenvalue weighted by atomic mass is 16.4. The molecule has 0 spiro atoms. The second-order valence-corrected chi connectivity index (χ2v) is 5.75. The summed E-state index contributed by atoms with van der Waals surface area (Å²) in [5, 5.41) is 18.9. The van der Waals surface area contributed by atoms with E-state index in [1.807, 2.05) is 20.8 Å². The molecule has 17 heavy (non-hydrogen) atoms. The summed E-state index contributed by atoms with van der Waals surface area (Å²) in [5.41, 5.74) is 0.687. The maximum absolute atomic E-state index is 8.75. The van der Waals surface area contributed by atoms with Crippen molar-refractivity contribution in [3.8, 4) is 0 Å². The molecule has 0 saturated carbocycles. The largest absolute Gasteiger partial charge is 0.411 e. The van der Waals surface area contributed by atoms with Gasteiger partial charge >= 0.3 is 0 Å². The van der Waals surface area contributed by atoms with Crippen molar-refractivity contribution in [3.05, 3.63) is 0 Å². The standard InChI is InChI=1S/C13H29N3O/c1-7-12(3,4)14-9-8-10-15-13(5,6)11(2)16-17/h14-15,17H,7-10H2,1-6H3/b16-11+. The van der Waals surface area contributed by atoms with Gasteiger partial charge < -0.3 is 15.8 Å². The number of nitrogens with one attached hydrogen (secondary N) is 2. The average Bonchev–Trinajstić information content (AvgIpc) is 2.27. The molecule has 0 aliphatic heterocycles. The molecule has 0 saturated heterocycles. The van der Waals surface area contributed by atoms with Crippen molar-refractivity contribution in [2.24, 2.45) is 5.16 Å². The topological polar surface area (TPSA) is 56.7 Å². The van der Waals surface area contributed by atoms with E-state index in [1.165, 1.54) is 0 Å². The Balaban J connectivity index is 3.79. The predicted octanol–water partition coefficient (Wildman–Crippen LogP) is 2.37. The zero-order valence-corrected chi connectivity index (χ0v) is 12.2. The van der Waals surface area contributed by atoms with Gasteiger partial charge in [0.2, 0.25) is 0 Å². The molecular formula is C13H29N3O. The van der Waals surface area contributed by atoms with Crippen LogP contribution in [0, 0.1) is 0 Å². The van der Waals surface area contributed by atoms with Gasteiger partial charge in [-0.05, 0) is 60.5 Å². The van der Waals surface area contributed by atoms with Crippen LogP contribution >= 0.6 is 0 Å². The second kappa shape index (κ2) is 6.97. The van der Waals surface area contributed by atoms with Gasteiger partial charge in [-0.2, -0.15) is 0 Å². The number of hydrogen-bond acceptors (Lipinski definition) is 4. The second-order valence-electron chi connectivity index (χ2n) is 5.75. The number of hydrogen-bond donors (Lipinski definition) is 3. The summed E-state index contributed by atoms with van der Waals surface area (Å²) in [5.74, 6) is 0. The van der Waals surface area contributed by atoms with E-state index in [0.29, 0.717) is 5.71 Å². The first kappa shape index (κ1) is 16.4. The fourth-order valence-electron chi connectivity index (χ4n) is 1.29. The van der Waals surface area contributed by atoms with Gasteiger partial charge in [-0.3, -0.25) is 0 Å².